The van der Waals surface area contributed by atoms with Crippen LogP contribution in [-0.4, -0.2) is 16.8 Å². The molecule has 3 rings (SSSR count). The van der Waals surface area contributed by atoms with Crippen molar-refractivity contribution in [1.82, 2.24) is 4.57 Å². The van der Waals surface area contributed by atoms with Gasteiger partial charge in [-0.1, -0.05) is 30.3 Å². The number of aromatic nitrogens is 1. The summed E-state index contributed by atoms with van der Waals surface area (Å²) in [5, 5.41) is 10.7. The number of ether oxygens (including phenoxy) is 1. The van der Waals surface area contributed by atoms with E-state index in [0.717, 1.165) is 16.5 Å². The van der Waals surface area contributed by atoms with Crippen LogP contribution >= 0.6 is 0 Å². The third-order valence-electron chi connectivity index (χ3n) is 3.79. The van der Waals surface area contributed by atoms with Gasteiger partial charge in [-0.25, -0.2) is 0 Å². The van der Waals surface area contributed by atoms with Crippen molar-refractivity contribution in [3.8, 4) is 22.6 Å². The fourth-order valence-electron chi connectivity index (χ4n) is 2.83. The van der Waals surface area contributed by atoms with Crippen LogP contribution in [0.2, 0.25) is 0 Å². The molecule has 4 heteroatoms. The van der Waals surface area contributed by atoms with Gasteiger partial charge in [0.2, 0.25) is 0 Å². The Morgan fingerprint density at radius 3 is 2.59 bits per heavy atom. The van der Waals surface area contributed by atoms with Crippen molar-refractivity contribution < 1.29 is 9.84 Å². The van der Waals surface area contributed by atoms with E-state index in [9.17, 15) is 9.90 Å². The number of nitrogens with zero attached hydrogens (tertiary/aromatic N) is 1. The van der Waals surface area contributed by atoms with E-state index < -0.39 is 0 Å². The summed E-state index contributed by atoms with van der Waals surface area (Å²) >= 11 is 0. The molecule has 0 bridgehead atoms. The SMILES string of the molecule is CCn1c(=O)c(OC)c(-c2cccc(O)c2)c2ccccc21. The normalized spacial score (nSPS) is 10.8. The molecule has 3 aromatic rings. The van der Waals surface area contributed by atoms with Crippen LogP contribution in [0.4, 0.5) is 0 Å². The largest absolute Gasteiger partial charge is 0.508 e. The summed E-state index contributed by atoms with van der Waals surface area (Å²) in [7, 11) is 1.50. The molecule has 0 aliphatic carbocycles. The standard InChI is InChI=1S/C18H17NO3/c1-3-19-15-10-5-4-9-14(15)16(17(22-2)18(19)21)12-7-6-8-13(20)11-12/h4-11,20H,3H2,1-2H3. The highest BCUT2D eigenvalue weighted by molar-refractivity contribution is 5.98. The quantitative estimate of drug-likeness (QED) is 0.805. The highest BCUT2D eigenvalue weighted by atomic mass is 16.5. The Labute approximate surface area is 128 Å². The van der Waals surface area contributed by atoms with Gasteiger partial charge in [0.05, 0.1) is 12.6 Å². The summed E-state index contributed by atoms with van der Waals surface area (Å²) in [6, 6.07) is 14.6. The topological polar surface area (TPSA) is 51.5 Å². The van der Waals surface area contributed by atoms with Gasteiger partial charge < -0.3 is 14.4 Å². The van der Waals surface area contributed by atoms with E-state index in [1.165, 1.54) is 7.11 Å². The molecule has 0 atom stereocenters. The third kappa shape index (κ3) is 2.13. The zero-order valence-electron chi connectivity index (χ0n) is 12.5. The molecule has 1 N–H and O–H groups in total. The van der Waals surface area contributed by atoms with Crippen molar-refractivity contribution in [2.45, 2.75) is 13.5 Å². The molecular formula is C18H17NO3. The predicted molar refractivity (Wildman–Crippen MR) is 87.5 cm³/mol. The Morgan fingerprint density at radius 2 is 1.91 bits per heavy atom. The molecule has 0 fully saturated rings. The molecule has 22 heavy (non-hydrogen) atoms. The minimum Gasteiger partial charge on any atom is -0.508 e. The second-order valence-corrected chi connectivity index (χ2v) is 5.03. The van der Waals surface area contributed by atoms with Crippen LogP contribution in [-0.2, 0) is 6.54 Å². The van der Waals surface area contributed by atoms with Crippen molar-refractivity contribution in [1.29, 1.82) is 0 Å². The van der Waals surface area contributed by atoms with E-state index in [0.29, 0.717) is 17.9 Å². The number of rotatable bonds is 3. The first kappa shape index (κ1) is 14.2. The van der Waals surface area contributed by atoms with Crippen LogP contribution in [0.1, 0.15) is 6.92 Å². The zero-order valence-corrected chi connectivity index (χ0v) is 12.5. The molecule has 0 spiro atoms. The molecule has 0 aliphatic rings. The first-order valence-electron chi connectivity index (χ1n) is 7.16. The van der Waals surface area contributed by atoms with Crippen LogP contribution in [0.3, 0.4) is 0 Å². The van der Waals surface area contributed by atoms with Crippen LogP contribution in [0, 0.1) is 0 Å². The minimum absolute atomic E-state index is 0.156. The van der Waals surface area contributed by atoms with E-state index in [4.69, 9.17) is 4.74 Å². The summed E-state index contributed by atoms with van der Waals surface area (Å²) in [6.07, 6.45) is 0. The first-order valence-corrected chi connectivity index (χ1v) is 7.16. The lowest BCUT2D eigenvalue weighted by Crippen LogP contribution is -2.22. The van der Waals surface area contributed by atoms with Crippen molar-refractivity contribution in [2.24, 2.45) is 0 Å². The predicted octanol–water partition coefficient (Wildman–Crippen LogP) is 3.40. The molecule has 1 heterocycles. The van der Waals surface area contributed by atoms with Gasteiger partial charge in [0.1, 0.15) is 5.75 Å². The minimum atomic E-state index is -0.165. The van der Waals surface area contributed by atoms with Crippen molar-refractivity contribution in [2.75, 3.05) is 7.11 Å². The van der Waals surface area contributed by atoms with Crippen molar-refractivity contribution in [3.63, 3.8) is 0 Å². The van der Waals surface area contributed by atoms with Crippen molar-refractivity contribution >= 4 is 10.9 Å². The van der Waals surface area contributed by atoms with E-state index in [1.807, 2.05) is 37.3 Å². The monoisotopic (exact) mass is 295 g/mol. The van der Waals surface area contributed by atoms with E-state index >= 15 is 0 Å². The number of fused-ring (bicyclic) bond motifs is 1. The Kier molecular flexibility index (Phi) is 3.59. The average molecular weight is 295 g/mol. The molecule has 0 amide bonds. The van der Waals surface area contributed by atoms with E-state index in [-0.39, 0.29) is 11.3 Å². The van der Waals surface area contributed by atoms with Gasteiger partial charge in [-0.2, -0.15) is 0 Å². The second kappa shape index (κ2) is 5.56. The lowest BCUT2D eigenvalue weighted by molar-refractivity contribution is 0.406. The summed E-state index contributed by atoms with van der Waals surface area (Å²) < 4.78 is 7.10. The number of phenolic OH excluding ortho intramolecular Hbond substituents is 1. The molecular weight excluding hydrogens is 278 g/mol. The van der Waals surface area contributed by atoms with Crippen LogP contribution in [0.25, 0.3) is 22.0 Å². The van der Waals surface area contributed by atoms with Gasteiger partial charge in [0.15, 0.2) is 5.75 Å². The molecule has 1 aromatic heterocycles. The van der Waals surface area contributed by atoms with Gasteiger partial charge in [-0.05, 0) is 30.7 Å². The molecule has 0 saturated carbocycles. The summed E-state index contributed by atoms with van der Waals surface area (Å²) in [5.74, 6) is 0.453. The average Bonchev–Trinajstić information content (AvgIpc) is 2.53. The highest BCUT2D eigenvalue weighted by Gasteiger charge is 2.18. The number of phenols is 1. The maximum Gasteiger partial charge on any atom is 0.294 e. The summed E-state index contributed by atoms with van der Waals surface area (Å²) in [4.78, 5) is 12.7. The number of aromatic hydroxyl groups is 1. The van der Waals surface area contributed by atoms with Crippen LogP contribution in [0.5, 0.6) is 11.5 Å². The third-order valence-corrected chi connectivity index (χ3v) is 3.79. The number of methoxy groups -OCH3 is 1. The first-order chi connectivity index (χ1) is 10.7. The maximum atomic E-state index is 12.7. The Morgan fingerprint density at radius 1 is 1.14 bits per heavy atom. The van der Waals surface area contributed by atoms with Crippen molar-refractivity contribution in [3.05, 3.63) is 58.9 Å². The van der Waals surface area contributed by atoms with Crippen LogP contribution < -0.4 is 10.3 Å². The molecule has 0 unspecified atom stereocenters. The summed E-state index contributed by atoms with van der Waals surface area (Å²) in [6.45, 7) is 2.50. The fourth-order valence-corrected chi connectivity index (χ4v) is 2.83. The summed E-state index contributed by atoms with van der Waals surface area (Å²) in [5.41, 5.74) is 2.16. The number of benzene rings is 2. The highest BCUT2D eigenvalue weighted by Crippen LogP contribution is 2.35. The molecule has 4 nitrogen and oxygen atoms in total. The number of hydrogen-bond donors (Lipinski definition) is 1. The Hall–Kier alpha value is -2.75. The molecule has 0 aliphatic heterocycles. The smallest absolute Gasteiger partial charge is 0.294 e. The molecule has 112 valence electrons. The van der Waals surface area contributed by atoms with Gasteiger partial charge in [0.25, 0.3) is 5.56 Å². The van der Waals surface area contributed by atoms with Gasteiger partial charge in [-0.15, -0.1) is 0 Å². The Bertz CT molecular complexity index is 896. The van der Waals surface area contributed by atoms with E-state index in [2.05, 4.69) is 0 Å². The van der Waals surface area contributed by atoms with Gasteiger partial charge in [0, 0.05) is 17.5 Å². The lowest BCUT2D eigenvalue weighted by atomic mass is 9.99. The number of pyridine rings is 1. The Balaban J connectivity index is 2.50. The molecule has 2 aromatic carbocycles. The van der Waals surface area contributed by atoms with Gasteiger partial charge in [-0.3, -0.25) is 4.79 Å². The molecule has 0 radical (unpaired) electrons. The zero-order chi connectivity index (χ0) is 15.7. The number of hydrogen-bond acceptors (Lipinski definition) is 3. The second-order valence-electron chi connectivity index (χ2n) is 5.03. The number of aryl methyl sites for hydroxylation is 1. The fraction of sp³-hybridized carbons (Fsp3) is 0.167. The number of para-hydroxylation sites is 1. The lowest BCUT2D eigenvalue weighted by Gasteiger charge is -2.16. The maximum absolute atomic E-state index is 12.7. The van der Waals surface area contributed by atoms with E-state index in [1.54, 1.807) is 22.8 Å². The van der Waals surface area contributed by atoms with Crippen LogP contribution in [0.15, 0.2) is 53.3 Å². The molecule has 0 saturated heterocycles. The van der Waals surface area contributed by atoms with Gasteiger partial charge >= 0.3 is 0 Å².